The molecule has 0 radical (unpaired) electrons. The second-order valence-corrected chi connectivity index (χ2v) is 16.2. The van der Waals surface area contributed by atoms with E-state index in [1.54, 1.807) is 14.0 Å². The standard InChI is InChI=1S/C24H42N4O9.C22H39N3O10/c1-4-14-37-15-22(32)28-18(24(35)36)10-12-21(31)27-17(23(33)34)9-11-20(30)26-13-7-6-8-16(25-3)19(29)5-2;1-33-12-10-24-20(28)16-35-15-14-34-13-11-23-18(26)9-8-17(22(31)32)25-19(27)6-4-2-3-5-7-21(29)30/h16-18,25H,4-15H2,1-3H3,(H,26,30)(H,27,31)(H,28,32)(H,33,34)(H,35,36);17H,2-16H2,1H3,(H,23,26)(H,24,28)(H,25,27)(H,29,30)(H,31,32)/t16-,17-,18-;17-/m00/s1. The zero-order chi connectivity index (χ0) is 54.5. The van der Waals surface area contributed by atoms with Gasteiger partial charge in [-0.15, -0.1) is 0 Å². The number of likely N-dealkylation sites (N-methyl/N-ethyl adjacent to an activating group) is 1. The quantitative estimate of drug-likeness (QED) is 0.0347. The molecule has 72 heavy (non-hydrogen) atoms. The molecule has 26 heteroatoms. The number of carbonyl (C=O) groups is 11. The fourth-order valence-electron chi connectivity index (χ4n) is 6.17. The number of unbranched alkanes of at least 4 members (excludes halogenated alkanes) is 4. The smallest absolute Gasteiger partial charge is 0.326 e. The van der Waals surface area contributed by atoms with E-state index in [1.165, 1.54) is 7.11 Å². The molecule has 0 saturated heterocycles. The Morgan fingerprint density at radius 3 is 1.40 bits per heavy atom. The number of hydrogen-bond donors (Lipinski definition) is 11. The minimum atomic E-state index is -1.33. The third-order valence-electron chi connectivity index (χ3n) is 10.1. The van der Waals surface area contributed by atoms with Crippen LogP contribution in [0, 0.1) is 0 Å². The first-order valence-corrected chi connectivity index (χ1v) is 24.3. The van der Waals surface area contributed by atoms with Gasteiger partial charge in [0.15, 0.2) is 0 Å². The van der Waals surface area contributed by atoms with Crippen LogP contribution >= 0.6 is 0 Å². The molecule has 26 nitrogen and oxygen atoms in total. The highest BCUT2D eigenvalue weighted by molar-refractivity contribution is 5.87. The first-order chi connectivity index (χ1) is 34.3. The van der Waals surface area contributed by atoms with Gasteiger partial charge in [0.1, 0.15) is 37.1 Å². The van der Waals surface area contributed by atoms with Crippen molar-refractivity contribution < 1.29 is 92.1 Å². The largest absolute Gasteiger partial charge is 0.481 e. The van der Waals surface area contributed by atoms with Gasteiger partial charge in [-0.05, 0) is 64.8 Å². The average molecular weight is 1040 g/mol. The van der Waals surface area contributed by atoms with Gasteiger partial charge in [0.25, 0.3) is 0 Å². The fraction of sp³-hybridized carbons (Fsp3) is 0.761. The zero-order valence-electron chi connectivity index (χ0n) is 42.3. The van der Waals surface area contributed by atoms with Crippen molar-refractivity contribution in [2.24, 2.45) is 0 Å². The Morgan fingerprint density at radius 2 is 0.889 bits per heavy atom. The van der Waals surface area contributed by atoms with Crippen molar-refractivity contribution in [1.82, 2.24) is 37.2 Å². The summed E-state index contributed by atoms with van der Waals surface area (Å²) in [6.07, 6.45) is 4.89. The van der Waals surface area contributed by atoms with Gasteiger partial charge in [0, 0.05) is 71.9 Å². The van der Waals surface area contributed by atoms with Crippen molar-refractivity contribution in [2.45, 2.75) is 147 Å². The molecule has 0 aliphatic heterocycles. The first-order valence-electron chi connectivity index (χ1n) is 24.3. The summed E-state index contributed by atoms with van der Waals surface area (Å²) in [6, 6.07) is -4.03. The summed E-state index contributed by atoms with van der Waals surface area (Å²) in [7, 11) is 3.26. The molecule has 0 aromatic heterocycles. The summed E-state index contributed by atoms with van der Waals surface area (Å²) >= 11 is 0. The monoisotopic (exact) mass is 1040 g/mol. The van der Waals surface area contributed by atoms with Crippen LogP contribution in [0.3, 0.4) is 0 Å². The first kappa shape index (κ1) is 68.2. The van der Waals surface area contributed by atoms with Crippen LogP contribution in [0.25, 0.3) is 0 Å². The Morgan fingerprint density at radius 1 is 0.431 bits per heavy atom. The van der Waals surface area contributed by atoms with Crippen LogP contribution in [-0.4, -0.2) is 190 Å². The fourth-order valence-corrected chi connectivity index (χ4v) is 6.17. The van der Waals surface area contributed by atoms with Crippen molar-refractivity contribution in [1.29, 1.82) is 0 Å². The van der Waals surface area contributed by atoms with E-state index in [-0.39, 0.29) is 120 Å². The third-order valence-corrected chi connectivity index (χ3v) is 10.1. The van der Waals surface area contributed by atoms with E-state index in [4.69, 9.17) is 24.1 Å². The molecule has 0 heterocycles. The number of methoxy groups -OCH3 is 1. The molecular weight excluding hydrogens is 955 g/mol. The molecule has 0 rings (SSSR count). The van der Waals surface area contributed by atoms with E-state index in [1.807, 2.05) is 6.92 Å². The number of rotatable bonds is 45. The van der Waals surface area contributed by atoms with Gasteiger partial charge in [-0.2, -0.15) is 0 Å². The highest BCUT2D eigenvalue weighted by Gasteiger charge is 2.25. The zero-order valence-corrected chi connectivity index (χ0v) is 42.3. The van der Waals surface area contributed by atoms with E-state index in [2.05, 4.69) is 37.2 Å². The average Bonchev–Trinajstić information content (AvgIpc) is 3.33. The molecule has 0 aromatic carbocycles. The second-order valence-electron chi connectivity index (χ2n) is 16.2. The van der Waals surface area contributed by atoms with Gasteiger partial charge in [0.05, 0.1) is 32.5 Å². The SMILES string of the molecule is CCCOCC(=O)N[C@@H](CCC(=O)N[C@@H](CCC(=O)NCCCC[C@H](NC)C(=O)CC)C(=O)O)C(=O)O.COCCNC(=O)COCCOCCNC(=O)CC[C@H](NC(=O)CCCCCCC(=O)O)C(=O)O. The van der Waals surface area contributed by atoms with Gasteiger partial charge < -0.3 is 76.6 Å². The predicted octanol–water partition coefficient (Wildman–Crippen LogP) is -0.361. The molecule has 0 aliphatic carbocycles. The van der Waals surface area contributed by atoms with Crippen molar-refractivity contribution in [2.75, 3.05) is 80.0 Å². The molecule has 6 amide bonds. The van der Waals surface area contributed by atoms with Gasteiger partial charge in [-0.3, -0.25) is 38.4 Å². The van der Waals surface area contributed by atoms with Crippen molar-refractivity contribution in [3.05, 3.63) is 0 Å². The number of carboxylic acids is 4. The van der Waals surface area contributed by atoms with E-state index in [0.29, 0.717) is 77.7 Å². The van der Waals surface area contributed by atoms with E-state index in [9.17, 15) is 68.1 Å². The Balaban J connectivity index is 0. The van der Waals surface area contributed by atoms with Crippen LogP contribution in [0.1, 0.15) is 123 Å². The number of Topliss-reactive ketones (excluding diaryl/α,β-unsaturated/α-hetero) is 1. The summed E-state index contributed by atoms with van der Waals surface area (Å²) in [6.45, 7) is 5.74. The number of ether oxygens (including phenoxy) is 4. The maximum Gasteiger partial charge on any atom is 0.326 e. The molecular formula is C46H81N7O19. The number of aliphatic carboxylic acids is 4. The Bertz CT molecular complexity index is 1640. The van der Waals surface area contributed by atoms with Gasteiger partial charge in [-0.1, -0.05) is 26.7 Å². The lowest BCUT2D eigenvalue weighted by Gasteiger charge is -2.17. The predicted molar refractivity (Wildman–Crippen MR) is 257 cm³/mol. The minimum Gasteiger partial charge on any atom is -0.481 e. The lowest BCUT2D eigenvalue weighted by Crippen LogP contribution is -2.45. The van der Waals surface area contributed by atoms with Crippen LogP contribution < -0.4 is 37.2 Å². The number of nitrogens with one attached hydrogen (secondary N) is 7. The highest BCUT2D eigenvalue weighted by Crippen LogP contribution is 2.08. The normalized spacial score (nSPS) is 12.3. The number of amides is 6. The molecule has 414 valence electrons. The lowest BCUT2D eigenvalue weighted by molar-refractivity contribution is -0.144. The Hall–Kier alpha value is -5.83. The van der Waals surface area contributed by atoms with E-state index < -0.39 is 59.7 Å². The molecule has 11 N–H and O–H groups in total. The second kappa shape index (κ2) is 45.1. The van der Waals surface area contributed by atoms with Gasteiger partial charge in [-0.25, -0.2) is 14.4 Å². The molecule has 4 atom stereocenters. The molecule has 0 spiro atoms. The summed E-state index contributed by atoms with van der Waals surface area (Å²) in [5.74, 6) is -7.34. The Labute approximate surface area is 420 Å². The molecule has 0 fully saturated rings. The maximum absolute atomic E-state index is 12.2. The summed E-state index contributed by atoms with van der Waals surface area (Å²) in [5.41, 5.74) is 0. The molecule has 0 unspecified atom stereocenters. The number of hydrogen-bond acceptors (Lipinski definition) is 16. The van der Waals surface area contributed by atoms with E-state index >= 15 is 0 Å². The van der Waals surface area contributed by atoms with Crippen LogP contribution in [0.2, 0.25) is 0 Å². The van der Waals surface area contributed by atoms with Gasteiger partial charge in [0.2, 0.25) is 35.4 Å². The topological polar surface area (TPSA) is 390 Å². The summed E-state index contributed by atoms with van der Waals surface area (Å²) in [4.78, 5) is 128. The third kappa shape index (κ3) is 40.9. The molecule has 0 aromatic rings. The highest BCUT2D eigenvalue weighted by atomic mass is 16.5. The van der Waals surface area contributed by atoms with Crippen LogP contribution in [-0.2, 0) is 71.7 Å². The maximum atomic E-state index is 12.2. The van der Waals surface area contributed by atoms with Crippen molar-refractivity contribution >= 4 is 65.1 Å². The van der Waals surface area contributed by atoms with Crippen molar-refractivity contribution in [3.63, 3.8) is 0 Å². The number of carbonyl (C=O) groups excluding carboxylic acids is 7. The molecule has 0 bridgehead atoms. The van der Waals surface area contributed by atoms with E-state index in [0.717, 1.165) is 6.42 Å². The Kier molecular flexibility index (Phi) is 42.7. The lowest BCUT2D eigenvalue weighted by atomic mass is 10.0. The van der Waals surface area contributed by atoms with Crippen LogP contribution in [0.4, 0.5) is 0 Å². The molecule has 0 saturated carbocycles. The summed E-state index contributed by atoms with van der Waals surface area (Å²) < 4.78 is 20.3. The number of ketones is 1. The number of carboxylic acid groups (broad SMARTS) is 4. The minimum absolute atomic E-state index is 0.0489. The van der Waals surface area contributed by atoms with Crippen LogP contribution in [0.5, 0.6) is 0 Å². The summed E-state index contributed by atoms with van der Waals surface area (Å²) in [5, 5.41) is 54.3. The van der Waals surface area contributed by atoms with Crippen LogP contribution in [0.15, 0.2) is 0 Å². The molecule has 0 aliphatic rings. The van der Waals surface area contributed by atoms with Gasteiger partial charge >= 0.3 is 23.9 Å². The van der Waals surface area contributed by atoms with Crippen molar-refractivity contribution in [3.8, 4) is 0 Å².